The normalized spacial score (nSPS) is 16.6. The van der Waals surface area contributed by atoms with Gasteiger partial charge in [-0.05, 0) is 49.2 Å². The summed E-state index contributed by atoms with van der Waals surface area (Å²) < 4.78 is 44.5. The maximum atomic E-state index is 13.0. The van der Waals surface area contributed by atoms with Gasteiger partial charge < -0.3 is 15.4 Å². The first-order chi connectivity index (χ1) is 13.3. The van der Waals surface area contributed by atoms with Crippen molar-refractivity contribution in [3.63, 3.8) is 0 Å². The highest BCUT2D eigenvalue weighted by Crippen LogP contribution is 2.34. The molecule has 148 valence electrons. The summed E-state index contributed by atoms with van der Waals surface area (Å²) in [6, 6.07) is 10.4. The Morgan fingerprint density at radius 3 is 2.25 bits per heavy atom. The van der Waals surface area contributed by atoms with Gasteiger partial charge in [-0.1, -0.05) is 12.1 Å². The quantitative estimate of drug-likeness (QED) is 0.812. The molecule has 0 bridgehead atoms. The zero-order valence-corrected chi connectivity index (χ0v) is 14.9. The van der Waals surface area contributed by atoms with E-state index in [1.54, 1.807) is 0 Å². The van der Waals surface area contributed by atoms with Gasteiger partial charge in [-0.15, -0.1) is 0 Å². The molecular formula is C20H19F3N2O3. The summed E-state index contributed by atoms with van der Waals surface area (Å²) >= 11 is 0. The minimum atomic E-state index is -4.57. The molecule has 1 aliphatic heterocycles. The van der Waals surface area contributed by atoms with Crippen LogP contribution in [0.3, 0.4) is 0 Å². The molecule has 0 aromatic heterocycles. The van der Waals surface area contributed by atoms with Crippen molar-refractivity contribution in [3.8, 4) is 0 Å². The van der Waals surface area contributed by atoms with Crippen LogP contribution in [-0.2, 0) is 10.9 Å². The summed E-state index contributed by atoms with van der Waals surface area (Å²) in [5, 5.41) is 5.03. The fourth-order valence-electron chi connectivity index (χ4n) is 2.92. The Balaban J connectivity index is 1.63. The molecule has 1 fully saturated rings. The number of ether oxygens (including phenoxy) is 1. The van der Waals surface area contributed by atoms with Crippen LogP contribution in [0.1, 0.15) is 39.1 Å². The van der Waals surface area contributed by atoms with Crippen molar-refractivity contribution in [2.24, 2.45) is 0 Å². The topological polar surface area (TPSA) is 67.4 Å². The molecule has 0 radical (unpaired) electrons. The SMILES string of the molecule is O=C(NCC1CCCO1)c1ccc(C(=O)Nc2ccccc2C(F)(F)F)cc1. The number of carbonyl (C=O) groups is 2. The molecule has 2 aromatic rings. The van der Waals surface area contributed by atoms with Gasteiger partial charge in [0, 0.05) is 24.3 Å². The van der Waals surface area contributed by atoms with Gasteiger partial charge in [0.15, 0.2) is 0 Å². The van der Waals surface area contributed by atoms with E-state index in [2.05, 4.69) is 10.6 Å². The minimum absolute atomic E-state index is 0.0164. The highest BCUT2D eigenvalue weighted by molar-refractivity contribution is 6.05. The Labute approximate surface area is 159 Å². The Hall–Kier alpha value is -2.87. The lowest BCUT2D eigenvalue weighted by Gasteiger charge is -2.14. The van der Waals surface area contributed by atoms with E-state index in [1.165, 1.54) is 42.5 Å². The molecule has 0 aliphatic carbocycles. The minimum Gasteiger partial charge on any atom is -0.376 e. The molecule has 28 heavy (non-hydrogen) atoms. The van der Waals surface area contributed by atoms with E-state index < -0.39 is 17.6 Å². The molecule has 3 rings (SSSR count). The third kappa shape index (κ3) is 4.89. The summed E-state index contributed by atoms with van der Waals surface area (Å²) in [4.78, 5) is 24.4. The molecule has 2 N–H and O–H groups in total. The van der Waals surface area contributed by atoms with Crippen LogP contribution in [0.5, 0.6) is 0 Å². The molecule has 8 heteroatoms. The molecule has 1 aliphatic rings. The van der Waals surface area contributed by atoms with Crippen LogP contribution < -0.4 is 10.6 Å². The summed E-state index contributed by atoms with van der Waals surface area (Å²) in [7, 11) is 0. The Bertz CT molecular complexity index is 845. The number of nitrogens with one attached hydrogen (secondary N) is 2. The van der Waals surface area contributed by atoms with Gasteiger partial charge in [0.05, 0.1) is 17.4 Å². The Kier molecular flexibility index (Phi) is 5.99. The summed E-state index contributed by atoms with van der Waals surface area (Å²) in [5.74, 6) is -0.993. The highest BCUT2D eigenvalue weighted by atomic mass is 19.4. The van der Waals surface area contributed by atoms with Crippen LogP contribution in [0.15, 0.2) is 48.5 Å². The van der Waals surface area contributed by atoms with E-state index in [1.807, 2.05) is 0 Å². The third-order valence-electron chi connectivity index (χ3n) is 4.40. The number of rotatable bonds is 5. The molecule has 1 heterocycles. The maximum Gasteiger partial charge on any atom is 0.418 e. The number of amides is 2. The fraction of sp³-hybridized carbons (Fsp3) is 0.300. The van der Waals surface area contributed by atoms with Crippen LogP contribution >= 0.6 is 0 Å². The van der Waals surface area contributed by atoms with Gasteiger partial charge in [-0.3, -0.25) is 9.59 Å². The largest absolute Gasteiger partial charge is 0.418 e. The molecule has 2 amide bonds. The van der Waals surface area contributed by atoms with E-state index >= 15 is 0 Å². The highest BCUT2D eigenvalue weighted by Gasteiger charge is 2.33. The second-order valence-corrected chi connectivity index (χ2v) is 6.42. The first kappa shape index (κ1) is 19.9. The monoisotopic (exact) mass is 392 g/mol. The average molecular weight is 392 g/mol. The molecule has 1 atom stereocenters. The van der Waals surface area contributed by atoms with Crippen LogP contribution in [0.25, 0.3) is 0 Å². The number of carbonyl (C=O) groups excluding carboxylic acids is 2. The number of hydrogen-bond acceptors (Lipinski definition) is 3. The predicted octanol–water partition coefficient (Wildman–Crippen LogP) is 3.87. The van der Waals surface area contributed by atoms with Crippen molar-refractivity contribution >= 4 is 17.5 Å². The number of para-hydroxylation sites is 1. The maximum absolute atomic E-state index is 13.0. The van der Waals surface area contributed by atoms with Crippen molar-refractivity contribution in [1.29, 1.82) is 0 Å². The van der Waals surface area contributed by atoms with Gasteiger partial charge in [0.25, 0.3) is 11.8 Å². The van der Waals surface area contributed by atoms with Gasteiger partial charge in [0.2, 0.25) is 0 Å². The Morgan fingerprint density at radius 1 is 1.00 bits per heavy atom. The van der Waals surface area contributed by atoms with Crippen molar-refractivity contribution in [1.82, 2.24) is 5.32 Å². The van der Waals surface area contributed by atoms with Gasteiger partial charge in [-0.2, -0.15) is 13.2 Å². The number of anilines is 1. The number of halogens is 3. The first-order valence-electron chi connectivity index (χ1n) is 8.82. The van der Waals surface area contributed by atoms with Gasteiger partial charge in [0.1, 0.15) is 0 Å². The summed E-state index contributed by atoms with van der Waals surface area (Å²) in [6.07, 6.45) is -2.68. The van der Waals surface area contributed by atoms with Crippen molar-refractivity contribution in [2.75, 3.05) is 18.5 Å². The zero-order chi connectivity index (χ0) is 20.1. The lowest BCUT2D eigenvalue weighted by molar-refractivity contribution is -0.136. The lowest BCUT2D eigenvalue weighted by atomic mass is 10.1. The fourth-order valence-corrected chi connectivity index (χ4v) is 2.92. The van der Waals surface area contributed by atoms with Gasteiger partial charge >= 0.3 is 6.18 Å². The molecule has 1 saturated heterocycles. The predicted molar refractivity (Wildman–Crippen MR) is 97.1 cm³/mol. The summed E-state index contributed by atoms with van der Waals surface area (Å²) in [5.41, 5.74) is -0.746. The number of benzene rings is 2. The van der Waals surface area contributed by atoms with Crippen LogP contribution in [-0.4, -0.2) is 31.1 Å². The average Bonchev–Trinajstić information content (AvgIpc) is 3.19. The van der Waals surface area contributed by atoms with Crippen LogP contribution in [0.2, 0.25) is 0 Å². The van der Waals surface area contributed by atoms with Crippen molar-refractivity contribution < 1.29 is 27.5 Å². The van der Waals surface area contributed by atoms with Crippen molar-refractivity contribution in [3.05, 3.63) is 65.2 Å². The smallest absolute Gasteiger partial charge is 0.376 e. The van der Waals surface area contributed by atoms with E-state index in [-0.39, 0.29) is 23.3 Å². The zero-order valence-electron chi connectivity index (χ0n) is 14.9. The molecular weight excluding hydrogens is 373 g/mol. The van der Waals surface area contributed by atoms with Crippen LogP contribution in [0.4, 0.5) is 18.9 Å². The lowest BCUT2D eigenvalue weighted by Crippen LogP contribution is -2.31. The summed E-state index contributed by atoms with van der Waals surface area (Å²) in [6.45, 7) is 1.11. The van der Waals surface area contributed by atoms with Gasteiger partial charge in [-0.25, -0.2) is 0 Å². The van der Waals surface area contributed by atoms with Crippen molar-refractivity contribution in [2.45, 2.75) is 25.1 Å². The second kappa shape index (κ2) is 8.43. The molecule has 5 nitrogen and oxygen atoms in total. The first-order valence-corrected chi connectivity index (χ1v) is 8.82. The van der Waals surface area contributed by atoms with Crippen LogP contribution in [0, 0.1) is 0 Å². The van der Waals surface area contributed by atoms with E-state index in [9.17, 15) is 22.8 Å². The van der Waals surface area contributed by atoms with E-state index in [0.717, 1.165) is 18.9 Å². The number of hydrogen-bond donors (Lipinski definition) is 2. The molecule has 1 unspecified atom stereocenters. The second-order valence-electron chi connectivity index (χ2n) is 6.42. The number of alkyl halides is 3. The molecule has 0 spiro atoms. The molecule has 0 saturated carbocycles. The van der Waals surface area contributed by atoms with E-state index in [4.69, 9.17) is 4.74 Å². The van der Waals surface area contributed by atoms with E-state index in [0.29, 0.717) is 18.7 Å². The Morgan fingerprint density at radius 2 is 1.64 bits per heavy atom. The third-order valence-corrected chi connectivity index (χ3v) is 4.40. The standard InChI is InChI=1S/C20H19F3N2O3/c21-20(22,23)16-5-1-2-6-17(16)25-19(27)14-9-7-13(8-10-14)18(26)24-12-15-4-3-11-28-15/h1-2,5-10,15H,3-4,11-12H2,(H,24,26)(H,25,27). The molecule has 2 aromatic carbocycles.